The Kier molecular flexibility index (Phi) is 5.28. The Balaban J connectivity index is 1.69. The number of amidine groups is 1. The van der Waals surface area contributed by atoms with Gasteiger partial charge >= 0.3 is 0 Å². The molecule has 1 saturated heterocycles. The van der Waals surface area contributed by atoms with E-state index < -0.39 is 0 Å². The summed E-state index contributed by atoms with van der Waals surface area (Å²) in [6, 6.07) is 14.1. The van der Waals surface area contributed by atoms with E-state index in [9.17, 15) is 9.18 Å². The van der Waals surface area contributed by atoms with Crippen LogP contribution in [0.25, 0.3) is 0 Å². The molecule has 1 aliphatic rings. The summed E-state index contributed by atoms with van der Waals surface area (Å²) in [5.74, 6) is -0.345. The van der Waals surface area contributed by atoms with Gasteiger partial charge in [-0.2, -0.15) is 5.10 Å². The third kappa shape index (κ3) is 4.33. The molecule has 2 aromatic carbocycles. The summed E-state index contributed by atoms with van der Waals surface area (Å²) >= 11 is 1.38. The summed E-state index contributed by atoms with van der Waals surface area (Å²) in [6.45, 7) is 3.84. The van der Waals surface area contributed by atoms with E-state index in [0.717, 1.165) is 11.1 Å². The van der Waals surface area contributed by atoms with Crippen molar-refractivity contribution in [1.29, 1.82) is 0 Å². The number of nitrogens with one attached hydrogen (secondary N) is 1. The van der Waals surface area contributed by atoms with Gasteiger partial charge in [0, 0.05) is 0 Å². The average molecular weight is 355 g/mol. The first-order valence-corrected chi connectivity index (χ1v) is 8.81. The molecular weight excluding hydrogens is 337 g/mol. The van der Waals surface area contributed by atoms with Gasteiger partial charge in [0.2, 0.25) is 5.91 Å². The van der Waals surface area contributed by atoms with E-state index in [1.54, 1.807) is 19.1 Å². The van der Waals surface area contributed by atoms with Crippen LogP contribution in [0.3, 0.4) is 0 Å². The van der Waals surface area contributed by atoms with Crippen LogP contribution in [0.2, 0.25) is 0 Å². The van der Waals surface area contributed by atoms with E-state index in [4.69, 9.17) is 0 Å². The fourth-order valence-corrected chi connectivity index (χ4v) is 3.44. The second-order valence-corrected chi connectivity index (χ2v) is 7.02. The van der Waals surface area contributed by atoms with Gasteiger partial charge in [0.15, 0.2) is 5.17 Å². The van der Waals surface area contributed by atoms with Crippen molar-refractivity contribution in [2.45, 2.75) is 25.5 Å². The van der Waals surface area contributed by atoms with Crippen LogP contribution in [0.15, 0.2) is 58.7 Å². The number of nitrogens with zero attached hydrogens (tertiary/aromatic N) is 2. The molecule has 6 heteroatoms. The summed E-state index contributed by atoms with van der Waals surface area (Å²) in [4.78, 5) is 12.1. The smallest absolute Gasteiger partial charge is 0.239 e. The first kappa shape index (κ1) is 17.4. The molecule has 0 unspecified atom stereocenters. The zero-order chi connectivity index (χ0) is 17.8. The number of thioether (sulfide) groups is 1. The number of amides is 1. The lowest BCUT2D eigenvalue weighted by Gasteiger charge is -2.07. The molecule has 3 rings (SSSR count). The lowest BCUT2D eigenvalue weighted by molar-refractivity contribution is -0.118. The minimum Gasteiger partial charge on any atom is -0.303 e. The molecule has 1 fully saturated rings. The Bertz CT molecular complexity index is 846. The predicted octanol–water partition coefficient (Wildman–Crippen LogP) is 3.69. The number of rotatable bonds is 4. The highest BCUT2D eigenvalue weighted by Crippen LogP contribution is 2.24. The van der Waals surface area contributed by atoms with Crippen LogP contribution in [0, 0.1) is 12.7 Å². The number of carbonyl (C=O) groups excluding carboxylic acids is 1. The number of hydrogen-bond donors (Lipinski definition) is 1. The Morgan fingerprint density at radius 3 is 2.64 bits per heavy atom. The maximum Gasteiger partial charge on any atom is 0.239 e. The summed E-state index contributed by atoms with van der Waals surface area (Å²) in [6.07, 6.45) is 0.656. The normalized spacial score (nSPS) is 19.3. The Labute approximate surface area is 150 Å². The fourth-order valence-electron chi connectivity index (χ4n) is 2.49. The van der Waals surface area contributed by atoms with E-state index >= 15 is 0 Å². The van der Waals surface area contributed by atoms with Crippen LogP contribution < -0.4 is 5.32 Å². The molecule has 0 aromatic heterocycles. The molecule has 2 aromatic rings. The van der Waals surface area contributed by atoms with Gasteiger partial charge in [0.25, 0.3) is 0 Å². The second kappa shape index (κ2) is 7.61. The second-order valence-electron chi connectivity index (χ2n) is 5.82. The first-order valence-electron chi connectivity index (χ1n) is 7.93. The van der Waals surface area contributed by atoms with Crippen molar-refractivity contribution in [3.63, 3.8) is 0 Å². The van der Waals surface area contributed by atoms with E-state index in [2.05, 4.69) is 15.5 Å². The van der Waals surface area contributed by atoms with Crippen molar-refractivity contribution in [1.82, 2.24) is 5.32 Å². The third-order valence-electron chi connectivity index (χ3n) is 4.00. The van der Waals surface area contributed by atoms with Gasteiger partial charge in [-0.25, -0.2) is 4.39 Å². The number of hydrogen-bond acceptors (Lipinski definition) is 4. The topological polar surface area (TPSA) is 53.8 Å². The van der Waals surface area contributed by atoms with Crippen molar-refractivity contribution < 1.29 is 9.18 Å². The monoisotopic (exact) mass is 355 g/mol. The highest BCUT2D eigenvalue weighted by atomic mass is 32.2. The largest absolute Gasteiger partial charge is 0.303 e. The van der Waals surface area contributed by atoms with Gasteiger partial charge < -0.3 is 5.32 Å². The van der Waals surface area contributed by atoms with Crippen LogP contribution in [0.1, 0.15) is 23.6 Å². The third-order valence-corrected chi connectivity index (χ3v) is 5.07. The van der Waals surface area contributed by atoms with E-state index in [0.29, 0.717) is 17.3 Å². The van der Waals surface area contributed by atoms with Gasteiger partial charge in [-0.3, -0.25) is 4.79 Å². The van der Waals surface area contributed by atoms with Crippen LogP contribution in [0.4, 0.5) is 4.39 Å². The summed E-state index contributed by atoms with van der Waals surface area (Å²) in [5, 5.41) is 11.3. The molecule has 0 bridgehead atoms. The van der Waals surface area contributed by atoms with Gasteiger partial charge in [0.1, 0.15) is 5.82 Å². The number of aryl methyl sites for hydroxylation is 1. The van der Waals surface area contributed by atoms with Gasteiger partial charge in [-0.15, -0.1) is 5.10 Å². The molecule has 0 saturated carbocycles. The summed E-state index contributed by atoms with van der Waals surface area (Å²) in [5.41, 5.74) is 3.77. The highest BCUT2D eigenvalue weighted by Gasteiger charge is 2.30. The zero-order valence-corrected chi connectivity index (χ0v) is 14.8. The SMILES string of the molecule is C/C(=N/N=C1\NC(=O)[C@@H](Cc2ccccc2C)S1)c1ccc(F)cc1. The Morgan fingerprint density at radius 1 is 1.20 bits per heavy atom. The van der Waals surface area contributed by atoms with Crippen molar-refractivity contribution >= 4 is 28.5 Å². The minimum absolute atomic E-state index is 0.0540. The molecule has 25 heavy (non-hydrogen) atoms. The van der Waals surface area contributed by atoms with Crippen molar-refractivity contribution in [3.05, 3.63) is 71.0 Å². The van der Waals surface area contributed by atoms with Crippen molar-refractivity contribution in [3.8, 4) is 0 Å². The summed E-state index contributed by atoms with van der Waals surface area (Å²) < 4.78 is 13.0. The quantitative estimate of drug-likeness (QED) is 0.672. The van der Waals surface area contributed by atoms with Gasteiger partial charge in [-0.05, 0) is 49.1 Å². The molecule has 128 valence electrons. The maximum absolute atomic E-state index is 13.0. The molecule has 1 atom stereocenters. The zero-order valence-electron chi connectivity index (χ0n) is 14.0. The van der Waals surface area contributed by atoms with Gasteiger partial charge in [-0.1, -0.05) is 48.2 Å². The minimum atomic E-state index is -0.291. The van der Waals surface area contributed by atoms with E-state index in [1.807, 2.05) is 31.2 Å². The Hall–Kier alpha value is -2.47. The van der Waals surface area contributed by atoms with Crippen LogP contribution in [-0.4, -0.2) is 22.0 Å². The summed E-state index contributed by atoms with van der Waals surface area (Å²) in [7, 11) is 0. The molecule has 4 nitrogen and oxygen atoms in total. The maximum atomic E-state index is 13.0. The number of carbonyl (C=O) groups is 1. The Morgan fingerprint density at radius 2 is 1.92 bits per heavy atom. The average Bonchev–Trinajstić information content (AvgIpc) is 2.95. The first-order chi connectivity index (χ1) is 12.0. The molecule has 0 spiro atoms. The molecule has 1 aliphatic heterocycles. The molecule has 0 aliphatic carbocycles. The van der Waals surface area contributed by atoms with Gasteiger partial charge in [0.05, 0.1) is 11.0 Å². The predicted molar refractivity (Wildman–Crippen MR) is 100 cm³/mol. The standard InChI is InChI=1S/C19H18FN3OS/c1-12-5-3-4-6-15(12)11-17-18(24)21-19(25-17)23-22-13(2)14-7-9-16(20)10-8-14/h3-10,17H,11H2,1-2H3,(H,21,23,24)/b22-13-/t17-/m1/s1. The lowest BCUT2D eigenvalue weighted by Crippen LogP contribution is -2.26. The van der Waals surface area contributed by atoms with Crippen LogP contribution in [0.5, 0.6) is 0 Å². The molecule has 1 N–H and O–H groups in total. The molecule has 0 radical (unpaired) electrons. The number of halogens is 1. The molecule has 1 heterocycles. The molecule has 1 amide bonds. The van der Waals surface area contributed by atoms with E-state index in [-0.39, 0.29) is 17.0 Å². The molecular formula is C19H18FN3OS. The van der Waals surface area contributed by atoms with E-state index in [1.165, 1.54) is 29.5 Å². The lowest BCUT2D eigenvalue weighted by atomic mass is 10.0. The highest BCUT2D eigenvalue weighted by molar-refractivity contribution is 8.15. The fraction of sp³-hybridized carbons (Fsp3) is 0.211. The van der Waals surface area contributed by atoms with Crippen molar-refractivity contribution in [2.75, 3.05) is 0 Å². The van der Waals surface area contributed by atoms with Crippen LogP contribution >= 0.6 is 11.8 Å². The number of benzene rings is 2. The van der Waals surface area contributed by atoms with Crippen LogP contribution in [-0.2, 0) is 11.2 Å². The van der Waals surface area contributed by atoms with Crippen molar-refractivity contribution in [2.24, 2.45) is 10.2 Å².